The Morgan fingerprint density at radius 2 is 1.75 bits per heavy atom. The second kappa shape index (κ2) is 9.94. The van der Waals surface area contributed by atoms with E-state index in [0.29, 0.717) is 10.6 Å². The maximum atomic E-state index is 10.3. The van der Waals surface area contributed by atoms with Gasteiger partial charge in [-0.1, -0.05) is 53.5 Å². The third kappa shape index (κ3) is 4.77. The second-order valence-corrected chi connectivity index (χ2v) is 8.99. The Morgan fingerprint density at radius 3 is 2.38 bits per heavy atom. The van der Waals surface area contributed by atoms with E-state index < -0.39 is 0 Å². The number of aliphatic hydroxyl groups excluding tert-OH is 1. The molecule has 4 nitrogen and oxygen atoms in total. The summed E-state index contributed by atoms with van der Waals surface area (Å²) in [6, 6.07) is 23.6. The van der Waals surface area contributed by atoms with Crippen molar-refractivity contribution in [1.82, 2.24) is 4.90 Å². The first kappa shape index (κ1) is 22.6. The van der Waals surface area contributed by atoms with Crippen molar-refractivity contribution in [2.75, 3.05) is 31.1 Å². The molecule has 4 rings (SSSR count). The van der Waals surface area contributed by atoms with Crippen molar-refractivity contribution in [3.8, 4) is 6.07 Å². The molecule has 3 aromatic rings. The molecule has 0 bridgehead atoms. The van der Waals surface area contributed by atoms with E-state index in [2.05, 4.69) is 40.1 Å². The van der Waals surface area contributed by atoms with Crippen LogP contribution in [0.2, 0.25) is 10.0 Å². The number of aryl methyl sites for hydroxylation is 1. The number of halogens is 2. The minimum Gasteiger partial charge on any atom is -0.394 e. The van der Waals surface area contributed by atoms with E-state index in [1.54, 1.807) is 12.1 Å². The van der Waals surface area contributed by atoms with Crippen molar-refractivity contribution in [2.45, 2.75) is 19.0 Å². The van der Waals surface area contributed by atoms with Crippen LogP contribution in [0.5, 0.6) is 0 Å². The van der Waals surface area contributed by atoms with Gasteiger partial charge in [0.25, 0.3) is 0 Å². The quantitative estimate of drug-likeness (QED) is 0.519. The summed E-state index contributed by atoms with van der Waals surface area (Å²) in [6.07, 6.45) is 0. The molecule has 0 unspecified atom stereocenters. The predicted molar refractivity (Wildman–Crippen MR) is 130 cm³/mol. The van der Waals surface area contributed by atoms with Gasteiger partial charge >= 0.3 is 0 Å². The van der Waals surface area contributed by atoms with E-state index in [-0.39, 0.29) is 18.7 Å². The van der Waals surface area contributed by atoms with Gasteiger partial charge in [0.05, 0.1) is 41.0 Å². The minimum absolute atomic E-state index is 0.00449. The van der Waals surface area contributed by atoms with Crippen LogP contribution in [0.4, 0.5) is 5.69 Å². The van der Waals surface area contributed by atoms with Crippen LogP contribution in [0.25, 0.3) is 0 Å². The van der Waals surface area contributed by atoms with E-state index >= 15 is 0 Å². The first-order chi connectivity index (χ1) is 15.5. The Morgan fingerprint density at radius 1 is 1.03 bits per heavy atom. The number of anilines is 1. The summed E-state index contributed by atoms with van der Waals surface area (Å²) < 4.78 is 0. The normalized spacial score (nSPS) is 17.7. The number of benzene rings is 3. The van der Waals surface area contributed by atoms with Gasteiger partial charge in [0.1, 0.15) is 0 Å². The van der Waals surface area contributed by atoms with Crippen molar-refractivity contribution in [2.24, 2.45) is 0 Å². The average Bonchev–Trinajstić information content (AvgIpc) is 2.81. The minimum atomic E-state index is -0.145. The molecule has 32 heavy (non-hydrogen) atoms. The van der Waals surface area contributed by atoms with Crippen molar-refractivity contribution in [1.29, 1.82) is 5.26 Å². The highest BCUT2D eigenvalue weighted by Crippen LogP contribution is 2.38. The molecule has 0 aliphatic carbocycles. The van der Waals surface area contributed by atoms with Crippen LogP contribution in [-0.4, -0.2) is 36.2 Å². The van der Waals surface area contributed by atoms with Crippen LogP contribution < -0.4 is 4.90 Å². The van der Waals surface area contributed by atoms with Gasteiger partial charge < -0.3 is 10.0 Å². The molecule has 1 heterocycles. The highest BCUT2D eigenvalue weighted by molar-refractivity contribution is 6.33. The third-order valence-corrected chi connectivity index (χ3v) is 6.67. The molecule has 1 N–H and O–H groups in total. The van der Waals surface area contributed by atoms with Gasteiger partial charge in [-0.25, -0.2) is 0 Å². The molecule has 0 saturated carbocycles. The Kier molecular flexibility index (Phi) is 7.03. The number of nitriles is 1. The summed E-state index contributed by atoms with van der Waals surface area (Å²) in [7, 11) is 0. The van der Waals surface area contributed by atoms with Gasteiger partial charge in [0.15, 0.2) is 0 Å². The van der Waals surface area contributed by atoms with Gasteiger partial charge in [0, 0.05) is 24.7 Å². The fourth-order valence-corrected chi connectivity index (χ4v) is 4.87. The molecule has 1 fully saturated rings. The van der Waals surface area contributed by atoms with E-state index in [4.69, 9.17) is 28.5 Å². The number of hydrogen-bond acceptors (Lipinski definition) is 4. The lowest BCUT2D eigenvalue weighted by Gasteiger charge is -2.46. The summed E-state index contributed by atoms with van der Waals surface area (Å²) in [5, 5.41) is 20.8. The SMILES string of the molecule is Cc1ccc(N2CCN([C@@H](CO)c3ccc(C#N)cc3)C[C@H]2c2ccc(Cl)cc2)c(Cl)c1. The standard InChI is InChI=1S/C26H25Cl2N3O/c1-18-2-11-24(23(28)14-18)31-13-12-30(16-25(31)20-7-9-22(27)10-8-20)26(17-32)21-5-3-19(15-29)4-6-21/h2-11,14,25-26,32H,12-13,16-17H2,1H3/t25-,26-/m0/s1. The largest absolute Gasteiger partial charge is 0.394 e. The molecular weight excluding hydrogens is 441 g/mol. The smallest absolute Gasteiger partial charge is 0.0991 e. The van der Waals surface area contributed by atoms with Crippen LogP contribution in [0.1, 0.15) is 34.3 Å². The topological polar surface area (TPSA) is 50.5 Å². The summed E-state index contributed by atoms with van der Waals surface area (Å²) in [6.45, 7) is 4.30. The van der Waals surface area contributed by atoms with Gasteiger partial charge in [-0.2, -0.15) is 5.26 Å². The molecule has 1 aliphatic rings. The molecular formula is C26H25Cl2N3O. The van der Waals surface area contributed by atoms with Crippen LogP contribution >= 0.6 is 23.2 Å². The van der Waals surface area contributed by atoms with Crippen LogP contribution in [0, 0.1) is 18.3 Å². The molecule has 0 spiro atoms. The predicted octanol–water partition coefficient (Wildman–Crippen LogP) is 5.77. The highest BCUT2D eigenvalue weighted by atomic mass is 35.5. The molecule has 6 heteroatoms. The van der Waals surface area contributed by atoms with Gasteiger partial charge in [-0.15, -0.1) is 0 Å². The Balaban J connectivity index is 1.67. The van der Waals surface area contributed by atoms with E-state index in [0.717, 1.165) is 47.0 Å². The van der Waals surface area contributed by atoms with Crippen LogP contribution in [-0.2, 0) is 0 Å². The Bertz CT molecular complexity index is 1110. The lowest BCUT2D eigenvalue weighted by atomic mass is 9.97. The first-order valence-corrected chi connectivity index (χ1v) is 11.4. The van der Waals surface area contributed by atoms with Gasteiger partial charge in [-0.3, -0.25) is 4.90 Å². The highest BCUT2D eigenvalue weighted by Gasteiger charge is 2.33. The maximum absolute atomic E-state index is 10.3. The van der Waals surface area contributed by atoms with Crippen molar-refractivity contribution in [3.05, 3.63) is 99.0 Å². The number of rotatable bonds is 5. The third-order valence-electron chi connectivity index (χ3n) is 6.12. The maximum Gasteiger partial charge on any atom is 0.0991 e. The fourth-order valence-electron chi connectivity index (χ4n) is 4.40. The van der Waals surface area contributed by atoms with Crippen molar-refractivity contribution < 1.29 is 5.11 Å². The molecule has 3 aromatic carbocycles. The Labute approximate surface area is 199 Å². The van der Waals surface area contributed by atoms with E-state index in [1.807, 2.05) is 37.3 Å². The van der Waals surface area contributed by atoms with Crippen LogP contribution in [0.15, 0.2) is 66.7 Å². The summed E-state index contributed by atoms with van der Waals surface area (Å²) in [4.78, 5) is 4.65. The number of nitrogens with zero attached hydrogens (tertiary/aromatic N) is 3. The average molecular weight is 466 g/mol. The number of piperazine rings is 1. The van der Waals surface area contributed by atoms with Gasteiger partial charge in [-0.05, 0) is 60.0 Å². The van der Waals surface area contributed by atoms with Crippen molar-refractivity contribution in [3.63, 3.8) is 0 Å². The summed E-state index contributed by atoms with van der Waals surface area (Å²) in [5.74, 6) is 0. The molecule has 0 amide bonds. The summed E-state index contributed by atoms with van der Waals surface area (Å²) in [5.41, 5.74) is 4.90. The summed E-state index contributed by atoms with van der Waals surface area (Å²) >= 11 is 12.8. The Hall–Kier alpha value is -2.55. The molecule has 0 radical (unpaired) electrons. The zero-order chi connectivity index (χ0) is 22.7. The monoisotopic (exact) mass is 465 g/mol. The zero-order valence-electron chi connectivity index (χ0n) is 17.9. The van der Waals surface area contributed by atoms with E-state index in [1.165, 1.54) is 0 Å². The molecule has 164 valence electrons. The molecule has 0 aromatic heterocycles. The zero-order valence-corrected chi connectivity index (χ0v) is 19.4. The first-order valence-electron chi connectivity index (χ1n) is 10.6. The van der Waals surface area contributed by atoms with Gasteiger partial charge in [0.2, 0.25) is 0 Å². The van der Waals surface area contributed by atoms with Crippen LogP contribution in [0.3, 0.4) is 0 Å². The lowest BCUT2D eigenvalue weighted by Crippen LogP contribution is -2.50. The van der Waals surface area contributed by atoms with E-state index in [9.17, 15) is 5.11 Å². The molecule has 1 aliphatic heterocycles. The molecule has 1 saturated heterocycles. The fraction of sp³-hybridized carbons (Fsp3) is 0.269. The lowest BCUT2D eigenvalue weighted by molar-refractivity contribution is 0.103. The number of hydrogen-bond donors (Lipinski definition) is 1. The van der Waals surface area contributed by atoms with Crippen molar-refractivity contribution >= 4 is 28.9 Å². The number of aliphatic hydroxyl groups is 1. The second-order valence-electron chi connectivity index (χ2n) is 8.14. The molecule has 2 atom stereocenters.